The van der Waals surface area contributed by atoms with E-state index in [0.29, 0.717) is 5.75 Å². The van der Waals surface area contributed by atoms with Gasteiger partial charge in [0.05, 0.1) is 12.5 Å². The SMILES string of the molecule is Cc1ccc(OCCSC(F)(F)F)c(CCl)c1. The number of rotatable bonds is 5. The van der Waals surface area contributed by atoms with Crippen molar-refractivity contribution in [1.82, 2.24) is 0 Å². The third-order valence-electron chi connectivity index (χ3n) is 1.97. The minimum atomic E-state index is -4.20. The quantitative estimate of drug-likeness (QED) is 0.587. The number of thioether (sulfide) groups is 1. The molecular weight excluding hydrogens is 273 g/mol. The Morgan fingerprint density at radius 2 is 2.06 bits per heavy atom. The Morgan fingerprint density at radius 3 is 2.65 bits per heavy atom. The van der Waals surface area contributed by atoms with Crippen LogP contribution in [0.25, 0.3) is 0 Å². The van der Waals surface area contributed by atoms with Crippen LogP contribution in [0.15, 0.2) is 18.2 Å². The molecule has 0 spiro atoms. The fourth-order valence-corrected chi connectivity index (χ4v) is 1.87. The van der Waals surface area contributed by atoms with Gasteiger partial charge < -0.3 is 4.74 Å². The Bertz CT molecular complexity index is 368. The van der Waals surface area contributed by atoms with Gasteiger partial charge in [0.1, 0.15) is 5.75 Å². The average Bonchev–Trinajstić information content (AvgIpc) is 2.24. The second-order valence-corrected chi connectivity index (χ2v) is 4.81. The van der Waals surface area contributed by atoms with Gasteiger partial charge in [0, 0.05) is 11.3 Å². The van der Waals surface area contributed by atoms with Crippen LogP contribution < -0.4 is 4.74 Å². The summed E-state index contributed by atoms with van der Waals surface area (Å²) in [5.41, 5.74) is -2.37. The van der Waals surface area contributed by atoms with Crippen LogP contribution >= 0.6 is 23.4 Å². The summed E-state index contributed by atoms with van der Waals surface area (Å²) in [7, 11) is 0. The second-order valence-electron chi connectivity index (χ2n) is 3.39. The molecule has 17 heavy (non-hydrogen) atoms. The lowest BCUT2D eigenvalue weighted by Crippen LogP contribution is -2.08. The van der Waals surface area contributed by atoms with E-state index in [9.17, 15) is 13.2 Å². The van der Waals surface area contributed by atoms with Crippen LogP contribution in [0.2, 0.25) is 0 Å². The fraction of sp³-hybridized carbons (Fsp3) is 0.455. The van der Waals surface area contributed by atoms with E-state index in [2.05, 4.69) is 0 Å². The molecule has 0 aromatic heterocycles. The molecule has 0 fully saturated rings. The standard InChI is InChI=1S/C11H12ClF3OS/c1-8-2-3-10(9(6-8)7-12)16-4-5-17-11(13,14)15/h2-3,6H,4-5,7H2,1H3. The first-order valence-electron chi connectivity index (χ1n) is 4.91. The maximum absolute atomic E-state index is 11.9. The molecule has 0 saturated heterocycles. The van der Waals surface area contributed by atoms with Crippen LogP contribution in [0.5, 0.6) is 5.75 Å². The number of hydrogen-bond acceptors (Lipinski definition) is 2. The summed E-state index contributed by atoms with van der Waals surface area (Å²) < 4.78 is 40.9. The van der Waals surface area contributed by atoms with Crippen molar-refractivity contribution in [2.45, 2.75) is 18.3 Å². The number of alkyl halides is 4. The van der Waals surface area contributed by atoms with E-state index in [1.165, 1.54) is 0 Å². The molecule has 1 aromatic rings. The molecule has 0 aliphatic rings. The summed E-state index contributed by atoms with van der Waals surface area (Å²) in [5.74, 6) is 0.705. The molecule has 0 amide bonds. The largest absolute Gasteiger partial charge is 0.492 e. The minimum absolute atomic E-state index is 0.0110. The molecule has 0 bridgehead atoms. The monoisotopic (exact) mass is 284 g/mol. The smallest absolute Gasteiger partial charge is 0.441 e. The van der Waals surface area contributed by atoms with Crippen LogP contribution in [-0.2, 0) is 5.88 Å². The number of benzene rings is 1. The predicted octanol–water partition coefficient (Wildman–Crippen LogP) is 4.37. The van der Waals surface area contributed by atoms with E-state index >= 15 is 0 Å². The number of hydrogen-bond donors (Lipinski definition) is 0. The van der Waals surface area contributed by atoms with Crippen molar-refractivity contribution < 1.29 is 17.9 Å². The van der Waals surface area contributed by atoms with Crippen LogP contribution in [0, 0.1) is 6.92 Å². The number of ether oxygens (including phenoxy) is 1. The van der Waals surface area contributed by atoms with E-state index in [1.54, 1.807) is 6.07 Å². The first kappa shape index (κ1) is 14.5. The summed E-state index contributed by atoms with van der Waals surface area (Å²) >= 11 is 5.64. The molecule has 0 aliphatic carbocycles. The maximum Gasteiger partial charge on any atom is 0.441 e. The van der Waals surface area contributed by atoms with Crippen molar-refractivity contribution in [3.05, 3.63) is 29.3 Å². The van der Waals surface area contributed by atoms with E-state index in [-0.39, 0.29) is 30.0 Å². The van der Waals surface area contributed by atoms with Crippen LogP contribution in [-0.4, -0.2) is 17.9 Å². The van der Waals surface area contributed by atoms with Crippen molar-refractivity contribution in [2.75, 3.05) is 12.4 Å². The molecule has 6 heteroatoms. The molecule has 0 atom stereocenters. The van der Waals surface area contributed by atoms with Crippen molar-refractivity contribution in [1.29, 1.82) is 0 Å². The van der Waals surface area contributed by atoms with E-state index in [0.717, 1.165) is 11.1 Å². The maximum atomic E-state index is 11.9. The van der Waals surface area contributed by atoms with Gasteiger partial charge in [0.25, 0.3) is 0 Å². The highest BCUT2D eigenvalue weighted by Gasteiger charge is 2.27. The van der Waals surface area contributed by atoms with Gasteiger partial charge in [0.15, 0.2) is 0 Å². The van der Waals surface area contributed by atoms with Gasteiger partial charge in [-0.25, -0.2) is 0 Å². The topological polar surface area (TPSA) is 9.23 Å². The zero-order chi connectivity index (χ0) is 12.9. The Balaban J connectivity index is 2.46. The van der Waals surface area contributed by atoms with Crippen LogP contribution in [0.3, 0.4) is 0 Å². The van der Waals surface area contributed by atoms with Crippen molar-refractivity contribution >= 4 is 23.4 Å². The third kappa shape index (κ3) is 5.55. The Hall–Kier alpha value is -0.550. The summed E-state index contributed by atoms with van der Waals surface area (Å²) in [4.78, 5) is 0. The van der Waals surface area contributed by atoms with Gasteiger partial charge in [-0.15, -0.1) is 11.6 Å². The van der Waals surface area contributed by atoms with Crippen molar-refractivity contribution in [3.8, 4) is 5.75 Å². The molecule has 0 N–H and O–H groups in total. The molecule has 0 unspecified atom stereocenters. The molecule has 96 valence electrons. The van der Waals surface area contributed by atoms with Crippen LogP contribution in [0.1, 0.15) is 11.1 Å². The van der Waals surface area contributed by atoms with Crippen molar-refractivity contribution in [2.24, 2.45) is 0 Å². The number of aryl methyl sites for hydroxylation is 1. The van der Waals surface area contributed by atoms with E-state index < -0.39 is 5.51 Å². The molecule has 0 heterocycles. The molecule has 0 aliphatic heterocycles. The lowest BCUT2D eigenvalue weighted by Gasteiger charge is -2.11. The molecule has 0 saturated carbocycles. The first-order valence-corrected chi connectivity index (χ1v) is 6.43. The van der Waals surface area contributed by atoms with Crippen molar-refractivity contribution in [3.63, 3.8) is 0 Å². The van der Waals surface area contributed by atoms with Gasteiger partial charge >= 0.3 is 5.51 Å². The molecular formula is C11H12ClF3OS. The summed E-state index contributed by atoms with van der Waals surface area (Å²) in [5, 5.41) is 0. The summed E-state index contributed by atoms with van der Waals surface area (Å²) in [6.07, 6.45) is 0. The normalized spacial score (nSPS) is 11.6. The average molecular weight is 285 g/mol. The van der Waals surface area contributed by atoms with Gasteiger partial charge in [0.2, 0.25) is 0 Å². The lowest BCUT2D eigenvalue weighted by molar-refractivity contribution is -0.0329. The first-order chi connectivity index (χ1) is 7.92. The zero-order valence-corrected chi connectivity index (χ0v) is 10.8. The summed E-state index contributed by atoms with van der Waals surface area (Å²) in [6, 6.07) is 5.42. The predicted molar refractivity (Wildman–Crippen MR) is 64.7 cm³/mol. The van der Waals surface area contributed by atoms with E-state index in [4.69, 9.17) is 16.3 Å². The highest BCUT2D eigenvalue weighted by atomic mass is 35.5. The summed E-state index contributed by atoms with van der Waals surface area (Å²) in [6.45, 7) is 1.93. The fourth-order valence-electron chi connectivity index (χ4n) is 1.26. The molecule has 0 radical (unpaired) electrons. The van der Waals surface area contributed by atoms with Gasteiger partial charge in [-0.05, 0) is 24.8 Å². The minimum Gasteiger partial charge on any atom is -0.492 e. The highest BCUT2D eigenvalue weighted by Crippen LogP contribution is 2.30. The van der Waals surface area contributed by atoms with E-state index in [1.807, 2.05) is 19.1 Å². The van der Waals surface area contributed by atoms with Crippen LogP contribution in [0.4, 0.5) is 13.2 Å². The second kappa shape index (κ2) is 6.40. The third-order valence-corrected chi connectivity index (χ3v) is 2.95. The van der Waals surface area contributed by atoms with Gasteiger partial charge in [-0.3, -0.25) is 0 Å². The molecule has 1 nitrogen and oxygen atoms in total. The number of halogens is 4. The highest BCUT2D eigenvalue weighted by molar-refractivity contribution is 8.00. The lowest BCUT2D eigenvalue weighted by atomic mass is 10.1. The Kier molecular flexibility index (Phi) is 5.46. The van der Waals surface area contributed by atoms with Gasteiger partial charge in [-0.1, -0.05) is 17.7 Å². The Labute approximate surface area is 107 Å². The van der Waals surface area contributed by atoms with Gasteiger partial charge in [-0.2, -0.15) is 13.2 Å². The molecule has 1 aromatic carbocycles. The Morgan fingerprint density at radius 1 is 1.35 bits per heavy atom. The zero-order valence-electron chi connectivity index (χ0n) is 9.18. The molecule has 1 rings (SSSR count).